The zero-order valence-electron chi connectivity index (χ0n) is 16.7. The molecule has 0 amide bonds. The van der Waals surface area contributed by atoms with Crippen LogP contribution in [0.25, 0.3) is 0 Å². The maximum Gasteiger partial charge on any atom is 0.308 e. The lowest BCUT2D eigenvalue weighted by molar-refractivity contribution is -0.146. The van der Waals surface area contributed by atoms with Crippen LogP contribution in [0.1, 0.15) is 46.0 Å². The number of aliphatic imine (C=N–C) groups is 1. The molecule has 2 saturated heterocycles. The molecule has 2 rings (SSSR count). The van der Waals surface area contributed by atoms with E-state index in [4.69, 9.17) is 9.73 Å². The number of nitrogens with one attached hydrogen (secondary N) is 1. The molecule has 0 aromatic rings. The molecule has 0 saturated carbocycles. The molecule has 2 fully saturated rings. The molecule has 2 aliphatic heterocycles. The van der Waals surface area contributed by atoms with Crippen molar-refractivity contribution in [1.29, 1.82) is 0 Å². The van der Waals surface area contributed by atoms with Gasteiger partial charge in [-0.25, -0.2) is 0 Å². The Morgan fingerprint density at radius 1 is 1.12 bits per heavy atom. The van der Waals surface area contributed by atoms with Crippen LogP contribution in [0.5, 0.6) is 0 Å². The number of piperidine rings is 2. The van der Waals surface area contributed by atoms with E-state index in [1.165, 1.54) is 46.0 Å². The first-order valence-electron chi connectivity index (χ1n) is 10.0. The van der Waals surface area contributed by atoms with Gasteiger partial charge in [0.2, 0.25) is 0 Å². The number of methoxy groups -OCH3 is 1. The Labute approximate surface area is 176 Å². The number of ether oxygens (including phenoxy) is 1. The minimum absolute atomic E-state index is 0. The SMILES string of the molecule is CCCN1CCC(CN=C(NCC)N2CCC(C(=O)OC)CC2)CC1.I. The first-order chi connectivity index (χ1) is 12.2. The lowest BCUT2D eigenvalue weighted by atomic mass is 9.96. The Bertz CT molecular complexity index is 431. The van der Waals surface area contributed by atoms with E-state index in [0.717, 1.165) is 45.0 Å². The van der Waals surface area contributed by atoms with Crippen LogP contribution in [-0.4, -0.2) is 74.7 Å². The smallest absolute Gasteiger partial charge is 0.308 e. The fraction of sp³-hybridized carbons (Fsp3) is 0.895. The van der Waals surface area contributed by atoms with Crippen LogP contribution in [0.3, 0.4) is 0 Å². The molecule has 26 heavy (non-hydrogen) atoms. The third-order valence-corrected chi connectivity index (χ3v) is 5.41. The lowest BCUT2D eigenvalue weighted by Crippen LogP contribution is -2.47. The van der Waals surface area contributed by atoms with E-state index in [1.807, 2.05) is 0 Å². The Morgan fingerprint density at radius 2 is 1.77 bits per heavy atom. The predicted octanol–water partition coefficient (Wildman–Crippen LogP) is 2.58. The van der Waals surface area contributed by atoms with Gasteiger partial charge in [0.25, 0.3) is 0 Å². The van der Waals surface area contributed by atoms with Crippen molar-refractivity contribution in [2.24, 2.45) is 16.8 Å². The summed E-state index contributed by atoms with van der Waals surface area (Å²) in [6.07, 6.45) is 5.47. The first kappa shape index (κ1) is 23.5. The normalized spacial score (nSPS) is 20.6. The third kappa shape index (κ3) is 7.21. The zero-order chi connectivity index (χ0) is 18.1. The Kier molecular flexibility index (Phi) is 11.5. The van der Waals surface area contributed by atoms with Gasteiger partial charge in [-0.15, -0.1) is 24.0 Å². The van der Waals surface area contributed by atoms with E-state index in [-0.39, 0.29) is 35.9 Å². The number of carbonyl (C=O) groups is 1. The van der Waals surface area contributed by atoms with Crippen molar-refractivity contribution in [2.75, 3.05) is 52.9 Å². The number of hydrogen-bond donors (Lipinski definition) is 1. The molecule has 2 heterocycles. The molecular weight excluding hydrogens is 443 g/mol. The van der Waals surface area contributed by atoms with Crippen LogP contribution in [0.4, 0.5) is 0 Å². The second-order valence-corrected chi connectivity index (χ2v) is 7.26. The van der Waals surface area contributed by atoms with Crippen LogP contribution in [0.15, 0.2) is 4.99 Å². The summed E-state index contributed by atoms with van der Waals surface area (Å²) in [5, 5.41) is 3.43. The van der Waals surface area contributed by atoms with Gasteiger partial charge < -0.3 is 19.9 Å². The topological polar surface area (TPSA) is 57.2 Å². The first-order valence-corrected chi connectivity index (χ1v) is 10.0. The summed E-state index contributed by atoms with van der Waals surface area (Å²) in [6, 6.07) is 0. The summed E-state index contributed by atoms with van der Waals surface area (Å²) in [6.45, 7) is 11.6. The summed E-state index contributed by atoms with van der Waals surface area (Å²) in [5.74, 6) is 1.70. The minimum Gasteiger partial charge on any atom is -0.469 e. The van der Waals surface area contributed by atoms with Gasteiger partial charge in [0, 0.05) is 26.2 Å². The predicted molar refractivity (Wildman–Crippen MR) is 117 cm³/mol. The highest BCUT2D eigenvalue weighted by Crippen LogP contribution is 2.20. The highest BCUT2D eigenvalue weighted by atomic mass is 127. The monoisotopic (exact) mass is 480 g/mol. The van der Waals surface area contributed by atoms with Crippen LogP contribution < -0.4 is 5.32 Å². The molecule has 152 valence electrons. The number of likely N-dealkylation sites (tertiary alicyclic amines) is 2. The highest BCUT2D eigenvalue weighted by molar-refractivity contribution is 14.0. The van der Waals surface area contributed by atoms with Crippen molar-refractivity contribution >= 4 is 35.9 Å². The zero-order valence-corrected chi connectivity index (χ0v) is 19.0. The Morgan fingerprint density at radius 3 is 2.31 bits per heavy atom. The van der Waals surface area contributed by atoms with Crippen molar-refractivity contribution in [3.63, 3.8) is 0 Å². The quantitative estimate of drug-likeness (QED) is 0.274. The molecule has 0 atom stereocenters. The van der Waals surface area contributed by atoms with Crippen LogP contribution in [0, 0.1) is 11.8 Å². The van der Waals surface area contributed by atoms with Gasteiger partial charge in [0.1, 0.15) is 0 Å². The van der Waals surface area contributed by atoms with Gasteiger partial charge in [-0.1, -0.05) is 6.92 Å². The number of esters is 1. The Balaban J connectivity index is 0.00000338. The fourth-order valence-electron chi connectivity index (χ4n) is 3.84. The number of guanidine groups is 1. The molecule has 6 nitrogen and oxygen atoms in total. The number of hydrogen-bond acceptors (Lipinski definition) is 4. The van der Waals surface area contributed by atoms with E-state index in [2.05, 4.69) is 29.0 Å². The standard InChI is InChI=1S/C19H36N4O2.HI/c1-4-10-22-11-6-16(7-12-22)15-21-19(20-5-2)23-13-8-17(9-14-23)18(24)25-3;/h16-17H,4-15H2,1-3H3,(H,20,21);1H. The molecule has 0 aromatic carbocycles. The number of nitrogens with zero attached hydrogens (tertiary/aromatic N) is 3. The molecule has 2 aliphatic rings. The van der Waals surface area contributed by atoms with E-state index in [9.17, 15) is 4.79 Å². The van der Waals surface area contributed by atoms with Gasteiger partial charge in [-0.05, 0) is 64.6 Å². The average molecular weight is 480 g/mol. The summed E-state index contributed by atoms with van der Waals surface area (Å²) in [7, 11) is 1.48. The highest BCUT2D eigenvalue weighted by Gasteiger charge is 2.27. The third-order valence-electron chi connectivity index (χ3n) is 5.41. The van der Waals surface area contributed by atoms with Crippen molar-refractivity contribution in [3.05, 3.63) is 0 Å². The maximum atomic E-state index is 11.7. The molecule has 0 aromatic heterocycles. The average Bonchev–Trinajstić information content (AvgIpc) is 2.66. The Hall–Kier alpha value is -0.570. The summed E-state index contributed by atoms with van der Waals surface area (Å²) in [5.41, 5.74) is 0. The van der Waals surface area contributed by atoms with Crippen LogP contribution in [-0.2, 0) is 9.53 Å². The molecule has 0 unspecified atom stereocenters. The largest absolute Gasteiger partial charge is 0.469 e. The molecule has 0 radical (unpaired) electrons. The van der Waals surface area contributed by atoms with Crippen molar-refractivity contribution in [2.45, 2.75) is 46.0 Å². The maximum absolute atomic E-state index is 11.7. The molecule has 0 bridgehead atoms. The van der Waals surface area contributed by atoms with Gasteiger partial charge in [0.15, 0.2) is 5.96 Å². The second-order valence-electron chi connectivity index (χ2n) is 7.26. The second kappa shape index (κ2) is 12.8. The van der Waals surface area contributed by atoms with E-state index in [1.54, 1.807) is 0 Å². The van der Waals surface area contributed by atoms with Crippen LogP contribution >= 0.6 is 24.0 Å². The van der Waals surface area contributed by atoms with E-state index >= 15 is 0 Å². The van der Waals surface area contributed by atoms with Gasteiger partial charge in [-0.3, -0.25) is 9.79 Å². The van der Waals surface area contributed by atoms with Gasteiger partial charge in [0.05, 0.1) is 13.0 Å². The number of rotatable bonds is 6. The molecule has 0 aliphatic carbocycles. The van der Waals surface area contributed by atoms with E-state index < -0.39 is 0 Å². The minimum atomic E-state index is -0.0690. The van der Waals surface area contributed by atoms with Crippen LogP contribution in [0.2, 0.25) is 0 Å². The molecule has 7 heteroatoms. The number of halogens is 1. The van der Waals surface area contributed by atoms with Crippen molar-refractivity contribution in [1.82, 2.24) is 15.1 Å². The fourth-order valence-corrected chi connectivity index (χ4v) is 3.84. The molecular formula is C19H37IN4O2. The summed E-state index contributed by atoms with van der Waals surface area (Å²) >= 11 is 0. The van der Waals surface area contributed by atoms with E-state index in [0.29, 0.717) is 5.92 Å². The number of carbonyl (C=O) groups excluding carboxylic acids is 1. The van der Waals surface area contributed by atoms with Crippen molar-refractivity contribution < 1.29 is 9.53 Å². The van der Waals surface area contributed by atoms with Gasteiger partial charge in [-0.2, -0.15) is 0 Å². The van der Waals surface area contributed by atoms with Gasteiger partial charge >= 0.3 is 5.97 Å². The lowest BCUT2D eigenvalue weighted by Gasteiger charge is -2.34. The van der Waals surface area contributed by atoms with Crippen molar-refractivity contribution in [3.8, 4) is 0 Å². The summed E-state index contributed by atoms with van der Waals surface area (Å²) in [4.78, 5) is 21.5. The molecule has 0 spiro atoms. The summed E-state index contributed by atoms with van der Waals surface area (Å²) < 4.78 is 4.88. The molecule has 1 N–H and O–H groups in total.